The van der Waals surface area contributed by atoms with Crippen molar-refractivity contribution in [3.63, 3.8) is 0 Å². The molecule has 0 bridgehead atoms. The van der Waals surface area contributed by atoms with Crippen molar-refractivity contribution < 1.29 is 27.5 Å². The first-order valence-corrected chi connectivity index (χ1v) is 11.8. The molecule has 37 heavy (non-hydrogen) atoms. The minimum atomic E-state index is -4.26. The average Bonchev–Trinajstić information content (AvgIpc) is 2.82. The first-order valence-electron chi connectivity index (χ1n) is 11.8. The summed E-state index contributed by atoms with van der Waals surface area (Å²) in [5.74, 6) is -1.10. The molecular formula is C26H29F4N5O2. The van der Waals surface area contributed by atoms with Crippen molar-refractivity contribution in [2.75, 3.05) is 45.1 Å². The van der Waals surface area contributed by atoms with Crippen LogP contribution in [-0.4, -0.2) is 77.7 Å². The van der Waals surface area contributed by atoms with E-state index in [4.69, 9.17) is 4.99 Å². The topological polar surface area (TPSA) is 71.4 Å². The smallest absolute Gasteiger partial charge is 0.401 e. The molecule has 7 nitrogen and oxygen atoms in total. The molecule has 2 aliphatic rings. The fourth-order valence-corrected chi connectivity index (χ4v) is 4.76. The zero-order chi connectivity index (χ0) is 27.1. The summed E-state index contributed by atoms with van der Waals surface area (Å²) in [4.78, 5) is 21.4. The van der Waals surface area contributed by atoms with Crippen molar-refractivity contribution >= 4 is 29.0 Å². The first-order chi connectivity index (χ1) is 17.4. The van der Waals surface area contributed by atoms with E-state index in [-0.39, 0.29) is 24.2 Å². The van der Waals surface area contributed by atoms with Crippen molar-refractivity contribution in [3.05, 3.63) is 65.0 Å². The summed E-state index contributed by atoms with van der Waals surface area (Å²) in [6.07, 6.45) is -4.26. The predicted octanol–water partition coefficient (Wildman–Crippen LogP) is 5.09. The number of aromatic carboxylic acids is 1. The Labute approximate surface area is 212 Å². The molecule has 0 amide bonds. The van der Waals surface area contributed by atoms with Gasteiger partial charge in [0.25, 0.3) is 0 Å². The molecular weight excluding hydrogens is 490 g/mol. The van der Waals surface area contributed by atoms with Gasteiger partial charge in [0.2, 0.25) is 5.96 Å². The number of aliphatic imine (C=N–C) groups is 1. The van der Waals surface area contributed by atoms with Gasteiger partial charge in [0, 0.05) is 55.7 Å². The Balaban J connectivity index is 1.70. The van der Waals surface area contributed by atoms with Crippen LogP contribution in [0.5, 0.6) is 0 Å². The zero-order valence-electron chi connectivity index (χ0n) is 20.9. The maximum Gasteiger partial charge on any atom is 0.401 e. The maximum atomic E-state index is 15.6. The standard InChI is InChI=1S/C26H29F4N5O2/c1-15-13-19-17(3)33(4)25(35-11-9-34(10-12-35)14-26(28,29)30)32-23(19)21(22(15)27)16(2)31-20-8-6-5-7-18(20)24(36)37/h5-8,13,16,31H,3,9-12,14H2,1-2,4H3,(H,36,37). The second kappa shape index (κ2) is 10.0. The molecule has 2 heterocycles. The number of carboxylic acid groups (broad SMARTS) is 1. The lowest BCUT2D eigenvalue weighted by Crippen LogP contribution is -2.54. The van der Waals surface area contributed by atoms with E-state index in [1.165, 1.54) is 11.0 Å². The summed E-state index contributed by atoms with van der Waals surface area (Å²) >= 11 is 0. The average molecular weight is 520 g/mol. The van der Waals surface area contributed by atoms with Gasteiger partial charge in [0.15, 0.2) is 0 Å². The second-order valence-corrected chi connectivity index (χ2v) is 9.33. The van der Waals surface area contributed by atoms with Crippen molar-refractivity contribution in [2.45, 2.75) is 26.1 Å². The summed E-state index contributed by atoms with van der Waals surface area (Å²) in [5.41, 5.74) is 2.64. The number of anilines is 1. The van der Waals surface area contributed by atoms with E-state index in [1.807, 2.05) is 4.90 Å². The lowest BCUT2D eigenvalue weighted by atomic mass is 9.94. The fourth-order valence-electron chi connectivity index (χ4n) is 4.76. The van der Waals surface area contributed by atoms with Crippen LogP contribution in [0.2, 0.25) is 0 Å². The van der Waals surface area contributed by atoms with Crippen LogP contribution in [0.25, 0.3) is 5.70 Å². The number of guanidine groups is 1. The largest absolute Gasteiger partial charge is 0.478 e. The Morgan fingerprint density at radius 2 is 1.86 bits per heavy atom. The van der Waals surface area contributed by atoms with Crippen LogP contribution in [0.4, 0.5) is 28.9 Å². The van der Waals surface area contributed by atoms with Gasteiger partial charge in [-0.2, -0.15) is 13.2 Å². The Hall–Kier alpha value is -3.60. The zero-order valence-corrected chi connectivity index (χ0v) is 20.9. The molecule has 11 heteroatoms. The molecule has 2 aliphatic heterocycles. The molecule has 0 saturated carbocycles. The Kier molecular flexibility index (Phi) is 7.18. The number of piperazine rings is 1. The highest BCUT2D eigenvalue weighted by Crippen LogP contribution is 2.42. The lowest BCUT2D eigenvalue weighted by molar-refractivity contribution is -0.148. The van der Waals surface area contributed by atoms with Crippen molar-refractivity contribution in [3.8, 4) is 0 Å². The van der Waals surface area contributed by atoms with Crippen molar-refractivity contribution in [1.82, 2.24) is 14.7 Å². The summed E-state index contributed by atoms with van der Waals surface area (Å²) in [7, 11) is 1.77. The van der Waals surface area contributed by atoms with Crippen LogP contribution < -0.4 is 5.32 Å². The SMILES string of the molecule is C=C1c2cc(C)c(F)c(C(C)Nc3ccccc3C(=O)O)c2N=C(N2CCN(CC(F)(F)F)CC2)N1C. The quantitative estimate of drug-likeness (QED) is 0.537. The Bertz CT molecular complexity index is 1250. The normalized spacial score (nSPS) is 17.4. The number of hydrogen-bond donors (Lipinski definition) is 2. The Morgan fingerprint density at radius 1 is 1.22 bits per heavy atom. The van der Waals surface area contributed by atoms with E-state index in [9.17, 15) is 23.1 Å². The highest BCUT2D eigenvalue weighted by Gasteiger charge is 2.35. The van der Waals surface area contributed by atoms with Gasteiger partial charge < -0.3 is 20.2 Å². The molecule has 0 aromatic heterocycles. The molecule has 0 radical (unpaired) electrons. The van der Waals surface area contributed by atoms with E-state index in [2.05, 4.69) is 11.9 Å². The number of fused-ring (bicyclic) bond motifs is 1. The summed E-state index contributed by atoms with van der Waals surface area (Å²) < 4.78 is 54.0. The van der Waals surface area contributed by atoms with Gasteiger partial charge in [0.1, 0.15) is 5.82 Å². The van der Waals surface area contributed by atoms with Crippen LogP contribution in [0, 0.1) is 12.7 Å². The summed E-state index contributed by atoms with van der Waals surface area (Å²) in [6.45, 7) is 7.66. The summed E-state index contributed by atoms with van der Waals surface area (Å²) in [6, 6.07) is 7.40. The third kappa shape index (κ3) is 5.41. The minimum Gasteiger partial charge on any atom is -0.478 e. The fraction of sp³-hybridized carbons (Fsp3) is 0.385. The molecule has 198 valence electrons. The number of benzene rings is 2. The number of rotatable bonds is 5. The van der Waals surface area contributed by atoms with E-state index in [1.54, 1.807) is 50.1 Å². The number of nitrogens with zero attached hydrogens (tertiary/aromatic N) is 4. The van der Waals surface area contributed by atoms with Gasteiger partial charge in [-0.25, -0.2) is 14.2 Å². The molecule has 1 fully saturated rings. The van der Waals surface area contributed by atoms with Crippen LogP contribution in [-0.2, 0) is 0 Å². The van der Waals surface area contributed by atoms with Crippen molar-refractivity contribution in [2.24, 2.45) is 4.99 Å². The summed E-state index contributed by atoms with van der Waals surface area (Å²) in [5, 5.41) is 12.7. The molecule has 2 aromatic carbocycles. The monoisotopic (exact) mass is 519 g/mol. The molecule has 2 aromatic rings. The van der Waals surface area contributed by atoms with Gasteiger partial charge in [-0.05, 0) is 37.6 Å². The molecule has 0 aliphatic carbocycles. The second-order valence-electron chi connectivity index (χ2n) is 9.33. The molecule has 0 spiro atoms. The van der Waals surface area contributed by atoms with Crippen LogP contribution in [0.15, 0.2) is 41.9 Å². The third-order valence-electron chi connectivity index (χ3n) is 6.70. The number of para-hydroxylation sites is 1. The van der Waals surface area contributed by atoms with Crippen LogP contribution >= 0.6 is 0 Å². The number of hydrogen-bond acceptors (Lipinski definition) is 6. The van der Waals surface area contributed by atoms with E-state index < -0.39 is 30.5 Å². The van der Waals surface area contributed by atoms with Gasteiger partial charge in [-0.15, -0.1) is 0 Å². The lowest BCUT2D eigenvalue weighted by Gasteiger charge is -2.41. The Morgan fingerprint density at radius 3 is 2.49 bits per heavy atom. The van der Waals surface area contributed by atoms with E-state index in [0.29, 0.717) is 47.2 Å². The van der Waals surface area contributed by atoms with Gasteiger partial charge in [0.05, 0.1) is 23.8 Å². The third-order valence-corrected chi connectivity index (χ3v) is 6.70. The van der Waals surface area contributed by atoms with Gasteiger partial charge in [-0.1, -0.05) is 18.7 Å². The maximum absolute atomic E-state index is 15.6. The molecule has 1 atom stereocenters. The highest BCUT2D eigenvalue weighted by molar-refractivity contribution is 5.98. The van der Waals surface area contributed by atoms with E-state index in [0.717, 1.165) is 0 Å². The van der Waals surface area contributed by atoms with Crippen LogP contribution in [0.1, 0.15) is 40.0 Å². The molecule has 2 N–H and O–H groups in total. The van der Waals surface area contributed by atoms with Crippen molar-refractivity contribution in [1.29, 1.82) is 0 Å². The number of halogens is 4. The number of aryl methyl sites for hydroxylation is 1. The minimum absolute atomic E-state index is 0.0568. The molecule has 1 saturated heterocycles. The van der Waals surface area contributed by atoms with E-state index >= 15 is 4.39 Å². The van der Waals surface area contributed by atoms with Crippen LogP contribution in [0.3, 0.4) is 0 Å². The number of carbonyl (C=O) groups is 1. The first kappa shape index (κ1) is 26.5. The highest BCUT2D eigenvalue weighted by atomic mass is 19.4. The number of nitrogens with one attached hydrogen (secondary N) is 1. The van der Waals surface area contributed by atoms with Gasteiger partial charge in [-0.3, -0.25) is 4.90 Å². The molecule has 1 unspecified atom stereocenters. The number of carboxylic acids is 1. The van der Waals surface area contributed by atoms with Gasteiger partial charge >= 0.3 is 12.1 Å². The molecule has 4 rings (SSSR count). The predicted molar refractivity (Wildman–Crippen MR) is 135 cm³/mol. The number of alkyl halides is 3.